The molecule has 0 spiro atoms. The van der Waals surface area contributed by atoms with Crippen molar-refractivity contribution in [2.45, 2.75) is 76.3 Å². The number of carbonyl (C=O) groups is 3. The van der Waals surface area contributed by atoms with Crippen LogP contribution >= 0.6 is 11.3 Å². The van der Waals surface area contributed by atoms with Crippen molar-refractivity contribution >= 4 is 44.2 Å². The van der Waals surface area contributed by atoms with E-state index in [1.54, 1.807) is 37.3 Å². The molecule has 5 atom stereocenters. The summed E-state index contributed by atoms with van der Waals surface area (Å²) in [7, 11) is -0.637. The van der Waals surface area contributed by atoms with Crippen LogP contribution < -0.4 is 24.8 Å². The van der Waals surface area contributed by atoms with Gasteiger partial charge in [0.1, 0.15) is 29.1 Å². The predicted molar refractivity (Wildman–Crippen MR) is 176 cm³/mol. The topological polar surface area (TPSA) is 156 Å². The Kier molecular flexibility index (Phi) is 9.17. The standard InChI is InChI=1S/C32H43N5O7S2/c1-8-19-15-32(19,29(40)36-46(41,42)21-10-11-21)35-27(38)24-13-18(2)16-37(24)28(39)26(31(3,4)5)34-30-33-23(17-45-30)22-14-20(43-6)9-12-25(22)44-7/h8-9,12,14,17-19,21,24,26H,1,10-11,13,15-16H2,2-7H3,(H,33,34)(H,35,38)(H,36,40)/t18?,19-,24+,26-,32-/m1/s1. The predicted octanol–water partition coefficient (Wildman–Crippen LogP) is 3.56. The summed E-state index contributed by atoms with van der Waals surface area (Å²) in [5, 5.41) is 7.98. The molecule has 3 aliphatic rings. The van der Waals surface area contributed by atoms with Crippen LogP contribution in [0.15, 0.2) is 36.2 Å². The monoisotopic (exact) mass is 673 g/mol. The Morgan fingerprint density at radius 1 is 1.20 bits per heavy atom. The summed E-state index contributed by atoms with van der Waals surface area (Å²) in [5.41, 5.74) is -0.576. The van der Waals surface area contributed by atoms with Crippen LogP contribution in [0.3, 0.4) is 0 Å². The number of nitrogens with one attached hydrogen (secondary N) is 3. The molecule has 5 rings (SSSR count). The van der Waals surface area contributed by atoms with Gasteiger partial charge in [0.25, 0.3) is 5.91 Å². The quantitative estimate of drug-likeness (QED) is 0.287. The summed E-state index contributed by atoms with van der Waals surface area (Å²) in [6.45, 7) is 11.9. The first kappa shape index (κ1) is 33.7. The number of sulfonamides is 1. The molecule has 3 amide bonds. The number of benzene rings is 1. The van der Waals surface area contributed by atoms with E-state index in [1.165, 1.54) is 11.3 Å². The molecule has 1 aliphatic heterocycles. The van der Waals surface area contributed by atoms with Crippen LogP contribution in [0, 0.1) is 17.3 Å². The number of ether oxygens (including phenoxy) is 2. The first-order valence-corrected chi connectivity index (χ1v) is 17.8. The lowest BCUT2D eigenvalue weighted by molar-refractivity contribution is -0.141. The molecule has 2 aromatic rings. The van der Waals surface area contributed by atoms with Crippen molar-refractivity contribution in [2.75, 3.05) is 26.1 Å². The van der Waals surface area contributed by atoms with Crippen LogP contribution in [-0.2, 0) is 24.4 Å². The highest BCUT2D eigenvalue weighted by atomic mass is 32.2. The summed E-state index contributed by atoms with van der Waals surface area (Å²) in [6.07, 6.45) is 3.20. The molecule has 3 fully saturated rings. The average molecular weight is 674 g/mol. The second kappa shape index (κ2) is 12.5. The van der Waals surface area contributed by atoms with E-state index in [-0.39, 0.29) is 18.2 Å². The number of hydrogen-bond acceptors (Lipinski definition) is 10. The van der Waals surface area contributed by atoms with E-state index in [4.69, 9.17) is 14.5 Å². The van der Waals surface area contributed by atoms with Gasteiger partial charge in [-0.15, -0.1) is 17.9 Å². The van der Waals surface area contributed by atoms with Crippen molar-refractivity contribution in [1.29, 1.82) is 0 Å². The van der Waals surface area contributed by atoms with Crippen molar-refractivity contribution < 1.29 is 32.3 Å². The lowest BCUT2D eigenvalue weighted by Crippen LogP contribution is -2.58. The fraction of sp³-hybridized carbons (Fsp3) is 0.562. The number of thiazole rings is 1. The third-order valence-corrected chi connectivity index (χ3v) is 11.5. The maximum atomic E-state index is 14.3. The molecular formula is C32H43N5O7S2. The summed E-state index contributed by atoms with van der Waals surface area (Å²) >= 11 is 1.35. The van der Waals surface area contributed by atoms with E-state index in [9.17, 15) is 22.8 Å². The molecule has 250 valence electrons. The van der Waals surface area contributed by atoms with Crippen LogP contribution in [0.4, 0.5) is 5.13 Å². The molecule has 0 bridgehead atoms. The van der Waals surface area contributed by atoms with Gasteiger partial charge in [-0.3, -0.25) is 19.1 Å². The Morgan fingerprint density at radius 3 is 2.50 bits per heavy atom. The number of anilines is 1. The molecule has 2 saturated carbocycles. The van der Waals surface area contributed by atoms with Crippen LogP contribution in [0.1, 0.15) is 53.4 Å². The van der Waals surface area contributed by atoms with Gasteiger partial charge in [-0.25, -0.2) is 13.4 Å². The molecule has 46 heavy (non-hydrogen) atoms. The Labute approximate surface area is 274 Å². The molecule has 1 saturated heterocycles. The minimum Gasteiger partial charge on any atom is -0.497 e. The minimum atomic E-state index is -3.81. The lowest BCUT2D eigenvalue weighted by Gasteiger charge is -2.35. The second-order valence-corrected chi connectivity index (χ2v) is 16.4. The summed E-state index contributed by atoms with van der Waals surface area (Å²) < 4.78 is 38.1. The molecule has 2 heterocycles. The number of nitrogens with zero attached hydrogens (tertiary/aromatic N) is 2. The van der Waals surface area contributed by atoms with E-state index >= 15 is 0 Å². The van der Waals surface area contributed by atoms with Crippen molar-refractivity contribution in [3.05, 3.63) is 36.2 Å². The highest BCUT2D eigenvalue weighted by Crippen LogP contribution is 2.46. The van der Waals surface area contributed by atoms with E-state index in [2.05, 4.69) is 21.9 Å². The molecule has 1 aromatic heterocycles. The fourth-order valence-corrected chi connectivity index (χ4v) is 8.08. The molecular weight excluding hydrogens is 631 g/mol. The van der Waals surface area contributed by atoms with Gasteiger partial charge < -0.3 is 25.0 Å². The van der Waals surface area contributed by atoms with E-state index < -0.39 is 56.0 Å². The molecule has 1 unspecified atom stereocenters. The van der Waals surface area contributed by atoms with Crippen LogP contribution in [-0.4, -0.2) is 79.7 Å². The van der Waals surface area contributed by atoms with Gasteiger partial charge in [-0.1, -0.05) is 33.8 Å². The first-order valence-electron chi connectivity index (χ1n) is 15.4. The lowest BCUT2D eigenvalue weighted by atomic mass is 9.85. The van der Waals surface area contributed by atoms with Crippen LogP contribution in [0.25, 0.3) is 11.3 Å². The molecule has 14 heteroatoms. The van der Waals surface area contributed by atoms with Gasteiger partial charge in [-0.05, 0) is 55.2 Å². The SMILES string of the molecule is C=C[C@@H]1C[C@]1(NC(=O)[C@@H]1CC(C)CN1C(=O)[C@@H](Nc1nc(-c2cc(OC)ccc2OC)cs1)C(C)(C)C)C(=O)NS(=O)(=O)C1CC1. The summed E-state index contributed by atoms with van der Waals surface area (Å²) in [4.78, 5) is 47.7. The fourth-order valence-electron chi connectivity index (χ4n) is 5.97. The summed E-state index contributed by atoms with van der Waals surface area (Å²) in [6, 6.07) is 3.88. The van der Waals surface area contributed by atoms with Crippen LogP contribution in [0.2, 0.25) is 0 Å². The second-order valence-electron chi connectivity index (χ2n) is 13.6. The first-order chi connectivity index (χ1) is 21.6. The van der Waals surface area contributed by atoms with Gasteiger partial charge in [0.15, 0.2) is 5.13 Å². The maximum Gasteiger partial charge on any atom is 0.259 e. The highest BCUT2D eigenvalue weighted by Gasteiger charge is 2.62. The smallest absolute Gasteiger partial charge is 0.259 e. The van der Waals surface area contributed by atoms with Crippen molar-refractivity contribution in [3.63, 3.8) is 0 Å². The number of rotatable bonds is 12. The Balaban J connectivity index is 1.35. The Hall–Kier alpha value is -3.65. The van der Waals surface area contributed by atoms with Crippen molar-refractivity contribution in [2.24, 2.45) is 17.3 Å². The van der Waals surface area contributed by atoms with Crippen LogP contribution in [0.5, 0.6) is 11.5 Å². The molecule has 2 aliphatic carbocycles. The van der Waals surface area contributed by atoms with E-state index in [1.807, 2.05) is 39.1 Å². The van der Waals surface area contributed by atoms with Gasteiger partial charge >= 0.3 is 0 Å². The van der Waals surface area contributed by atoms with Gasteiger partial charge in [0.05, 0.1) is 25.2 Å². The normalized spacial score (nSPS) is 24.9. The highest BCUT2D eigenvalue weighted by molar-refractivity contribution is 7.91. The number of methoxy groups -OCH3 is 2. The van der Waals surface area contributed by atoms with Crippen molar-refractivity contribution in [3.8, 4) is 22.8 Å². The van der Waals surface area contributed by atoms with Gasteiger partial charge in [-0.2, -0.15) is 0 Å². The van der Waals surface area contributed by atoms with Gasteiger partial charge in [0.2, 0.25) is 21.8 Å². The number of hydrogen-bond donors (Lipinski definition) is 3. The van der Waals surface area contributed by atoms with E-state index in [0.29, 0.717) is 48.1 Å². The zero-order valence-corrected chi connectivity index (χ0v) is 28.7. The zero-order chi connectivity index (χ0) is 33.6. The van der Waals surface area contributed by atoms with E-state index in [0.717, 1.165) is 5.56 Å². The summed E-state index contributed by atoms with van der Waals surface area (Å²) in [5.74, 6) is -0.617. The minimum absolute atomic E-state index is 0.0294. The Morgan fingerprint density at radius 2 is 1.91 bits per heavy atom. The van der Waals surface area contributed by atoms with Gasteiger partial charge in [0, 0.05) is 23.4 Å². The zero-order valence-electron chi connectivity index (χ0n) is 27.1. The molecule has 1 aromatic carbocycles. The Bertz CT molecular complexity index is 1630. The third-order valence-electron chi connectivity index (χ3n) is 8.91. The number of carbonyl (C=O) groups excluding carboxylic acids is 3. The maximum absolute atomic E-state index is 14.3. The van der Waals surface area contributed by atoms with Crippen molar-refractivity contribution in [1.82, 2.24) is 19.9 Å². The average Bonchev–Trinajstić information content (AvgIpc) is 3.90. The molecule has 0 radical (unpaired) electrons. The molecule has 12 nitrogen and oxygen atoms in total. The molecule has 3 N–H and O–H groups in total. The number of amides is 3. The largest absolute Gasteiger partial charge is 0.497 e. The number of likely N-dealkylation sites (tertiary alicyclic amines) is 1. The third kappa shape index (κ3) is 6.73. The number of aromatic nitrogens is 1.